The second-order valence-corrected chi connectivity index (χ2v) is 4.98. The highest BCUT2D eigenvalue weighted by atomic mass is 16.3. The van der Waals surface area contributed by atoms with Crippen LogP contribution in [0.3, 0.4) is 0 Å². The smallest absolute Gasteiger partial charge is 0.0589 e. The number of aliphatic hydroxyl groups is 1. The van der Waals surface area contributed by atoms with Crippen molar-refractivity contribution in [1.29, 1.82) is 0 Å². The molecule has 1 aliphatic heterocycles. The molecule has 4 unspecified atom stereocenters. The molecule has 4 atom stereocenters. The average Bonchev–Trinajstić information content (AvgIpc) is 2.71. The van der Waals surface area contributed by atoms with Gasteiger partial charge in [0.15, 0.2) is 0 Å². The maximum atomic E-state index is 9.36. The molecule has 0 radical (unpaired) electrons. The summed E-state index contributed by atoms with van der Waals surface area (Å²) in [6.07, 6.45) is 4.75. The molecule has 0 amide bonds. The molecule has 3 N–H and O–H groups in total. The van der Waals surface area contributed by atoms with Crippen molar-refractivity contribution in [3.63, 3.8) is 0 Å². The minimum absolute atomic E-state index is 0.312. The molecule has 0 bridgehead atoms. The van der Waals surface area contributed by atoms with E-state index < -0.39 is 0 Å². The predicted molar refractivity (Wildman–Crippen MR) is 57.0 cm³/mol. The van der Waals surface area contributed by atoms with Gasteiger partial charge in [0.1, 0.15) is 0 Å². The van der Waals surface area contributed by atoms with Crippen LogP contribution in [-0.2, 0) is 0 Å². The van der Waals surface area contributed by atoms with Gasteiger partial charge in [-0.05, 0) is 38.1 Å². The zero-order valence-electron chi connectivity index (χ0n) is 9.02. The average molecular weight is 198 g/mol. The van der Waals surface area contributed by atoms with Crippen LogP contribution in [0.15, 0.2) is 0 Å². The molecule has 2 aliphatic rings. The molecule has 0 aromatic carbocycles. The first-order valence-electron chi connectivity index (χ1n) is 5.84. The highest BCUT2D eigenvalue weighted by Gasteiger charge is 2.37. The van der Waals surface area contributed by atoms with Crippen molar-refractivity contribution in [2.75, 3.05) is 13.2 Å². The van der Waals surface area contributed by atoms with Crippen LogP contribution in [0, 0.1) is 5.92 Å². The molecule has 82 valence electrons. The molecule has 3 heteroatoms. The van der Waals surface area contributed by atoms with Gasteiger partial charge in [-0.25, -0.2) is 0 Å². The zero-order valence-corrected chi connectivity index (χ0v) is 9.02. The molecule has 2 fully saturated rings. The fraction of sp³-hybridized carbons (Fsp3) is 1.00. The number of hydrogen-bond donors (Lipinski definition) is 2. The first-order chi connectivity index (χ1) is 6.72. The molecule has 0 aromatic rings. The second-order valence-electron chi connectivity index (χ2n) is 4.98. The summed E-state index contributed by atoms with van der Waals surface area (Å²) in [6, 6.07) is 1.44. The van der Waals surface area contributed by atoms with Crippen molar-refractivity contribution in [3.05, 3.63) is 0 Å². The van der Waals surface area contributed by atoms with Gasteiger partial charge in [0.05, 0.1) is 6.61 Å². The predicted octanol–water partition coefficient (Wildman–Crippen LogP) is 0.569. The topological polar surface area (TPSA) is 49.5 Å². The van der Waals surface area contributed by atoms with Gasteiger partial charge in [-0.15, -0.1) is 0 Å². The lowest BCUT2D eigenvalue weighted by molar-refractivity contribution is 0.104. The van der Waals surface area contributed by atoms with E-state index in [0.29, 0.717) is 30.7 Å². The van der Waals surface area contributed by atoms with E-state index in [0.717, 1.165) is 19.4 Å². The third kappa shape index (κ3) is 1.81. The Morgan fingerprint density at radius 2 is 2.14 bits per heavy atom. The van der Waals surface area contributed by atoms with Crippen molar-refractivity contribution in [2.24, 2.45) is 11.7 Å². The third-order valence-electron chi connectivity index (χ3n) is 4.03. The fourth-order valence-corrected chi connectivity index (χ4v) is 3.07. The van der Waals surface area contributed by atoms with Gasteiger partial charge >= 0.3 is 0 Å². The number of nitrogens with two attached hydrogens (primary N) is 1. The van der Waals surface area contributed by atoms with Gasteiger partial charge in [0, 0.05) is 18.1 Å². The summed E-state index contributed by atoms with van der Waals surface area (Å²) in [6.45, 7) is 3.71. The molecule has 2 rings (SSSR count). The Balaban J connectivity index is 1.97. The van der Waals surface area contributed by atoms with Crippen molar-refractivity contribution >= 4 is 0 Å². The quantitative estimate of drug-likeness (QED) is 0.682. The monoisotopic (exact) mass is 198 g/mol. The summed E-state index contributed by atoms with van der Waals surface area (Å²) in [5.74, 6) is 0.650. The van der Waals surface area contributed by atoms with Crippen LogP contribution in [0.2, 0.25) is 0 Å². The van der Waals surface area contributed by atoms with Gasteiger partial charge < -0.3 is 10.8 Å². The number of nitrogens with zero attached hydrogens (tertiary/aromatic N) is 1. The van der Waals surface area contributed by atoms with E-state index in [1.54, 1.807) is 0 Å². The lowest BCUT2D eigenvalue weighted by atomic mass is 10.0. The molecule has 1 saturated heterocycles. The highest BCUT2D eigenvalue weighted by Crippen LogP contribution is 2.32. The number of aliphatic hydroxyl groups excluding tert-OH is 1. The number of likely N-dealkylation sites (tertiary alicyclic amines) is 1. The Hall–Kier alpha value is -0.120. The van der Waals surface area contributed by atoms with Crippen LogP contribution in [-0.4, -0.2) is 41.3 Å². The fourth-order valence-electron chi connectivity index (χ4n) is 3.07. The van der Waals surface area contributed by atoms with Crippen LogP contribution in [0.1, 0.15) is 32.6 Å². The summed E-state index contributed by atoms with van der Waals surface area (Å²) >= 11 is 0. The van der Waals surface area contributed by atoms with Crippen LogP contribution in [0.5, 0.6) is 0 Å². The van der Waals surface area contributed by atoms with E-state index in [4.69, 9.17) is 5.73 Å². The molecule has 0 spiro atoms. The van der Waals surface area contributed by atoms with E-state index in [9.17, 15) is 5.11 Å². The maximum Gasteiger partial charge on any atom is 0.0589 e. The van der Waals surface area contributed by atoms with Gasteiger partial charge in [-0.2, -0.15) is 0 Å². The van der Waals surface area contributed by atoms with Crippen LogP contribution >= 0.6 is 0 Å². The molecular formula is C11H22N2O. The van der Waals surface area contributed by atoms with Crippen molar-refractivity contribution in [3.8, 4) is 0 Å². The van der Waals surface area contributed by atoms with E-state index in [1.807, 2.05) is 0 Å². The standard InChI is InChI=1S/C11H22N2O/c1-8-4-5-13(11(8)7-14)10-3-2-9(12)6-10/h8-11,14H,2-7,12H2,1H3. The first kappa shape index (κ1) is 10.4. The molecule has 0 aromatic heterocycles. The van der Waals surface area contributed by atoms with Gasteiger partial charge in [0.25, 0.3) is 0 Å². The molecule has 14 heavy (non-hydrogen) atoms. The minimum atomic E-state index is 0.312. The van der Waals surface area contributed by atoms with Crippen molar-refractivity contribution in [2.45, 2.75) is 50.7 Å². The maximum absolute atomic E-state index is 9.36. The largest absolute Gasteiger partial charge is 0.395 e. The van der Waals surface area contributed by atoms with E-state index >= 15 is 0 Å². The van der Waals surface area contributed by atoms with E-state index in [-0.39, 0.29) is 0 Å². The summed E-state index contributed by atoms with van der Waals surface area (Å²) in [5, 5.41) is 9.36. The summed E-state index contributed by atoms with van der Waals surface area (Å²) in [4.78, 5) is 2.50. The number of rotatable bonds is 2. The lowest BCUT2D eigenvalue weighted by Crippen LogP contribution is -2.42. The Kier molecular flexibility index (Phi) is 3.10. The summed E-state index contributed by atoms with van der Waals surface area (Å²) in [7, 11) is 0. The van der Waals surface area contributed by atoms with E-state index in [1.165, 1.54) is 12.8 Å². The lowest BCUT2D eigenvalue weighted by Gasteiger charge is -2.30. The van der Waals surface area contributed by atoms with Crippen molar-refractivity contribution in [1.82, 2.24) is 4.90 Å². The Bertz CT molecular complexity index is 198. The minimum Gasteiger partial charge on any atom is -0.395 e. The zero-order chi connectivity index (χ0) is 10.1. The first-order valence-corrected chi connectivity index (χ1v) is 5.84. The molecule has 1 aliphatic carbocycles. The number of hydrogen-bond acceptors (Lipinski definition) is 3. The van der Waals surface area contributed by atoms with Crippen LogP contribution in [0.4, 0.5) is 0 Å². The summed E-state index contributed by atoms with van der Waals surface area (Å²) < 4.78 is 0. The van der Waals surface area contributed by atoms with E-state index in [2.05, 4.69) is 11.8 Å². The normalized spacial score (nSPS) is 44.8. The Labute approximate surface area is 86.3 Å². The van der Waals surface area contributed by atoms with Crippen LogP contribution < -0.4 is 5.73 Å². The van der Waals surface area contributed by atoms with Gasteiger partial charge in [0.2, 0.25) is 0 Å². The Morgan fingerprint density at radius 3 is 2.71 bits per heavy atom. The van der Waals surface area contributed by atoms with Crippen molar-refractivity contribution < 1.29 is 5.11 Å². The molecule has 1 saturated carbocycles. The molecule has 1 heterocycles. The van der Waals surface area contributed by atoms with Gasteiger partial charge in [-0.1, -0.05) is 6.92 Å². The molecule has 3 nitrogen and oxygen atoms in total. The summed E-state index contributed by atoms with van der Waals surface area (Å²) in [5.41, 5.74) is 5.93. The molecular weight excluding hydrogens is 176 g/mol. The Morgan fingerprint density at radius 1 is 1.36 bits per heavy atom. The SMILES string of the molecule is CC1CCN(C2CCC(N)C2)C1CO. The second kappa shape index (κ2) is 4.17. The van der Waals surface area contributed by atoms with Gasteiger partial charge in [-0.3, -0.25) is 4.90 Å². The highest BCUT2D eigenvalue weighted by molar-refractivity contribution is 4.93. The third-order valence-corrected chi connectivity index (χ3v) is 4.03. The van der Waals surface area contributed by atoms with Crippen LogP contribution in [0.25, 0.3) is 0 Å².